The molecule has 0 aromatic carbocycles. The Kier molecular flexibility index (Phi) is 4.72. The van der Waals surface area contributed by atoms with Gasteiger partial charge in [-0.25, -0.2) is 0 Å². The zero-order valence-electron chi connectivity index (χ0n) is 9.79. The third-order valence-corrected chi connectivity index (χ3v) is 3.19. The highest BCUT2D eigenvalue weighted by molar-refractivity contribution is 4.81. The van der Waals surface area contributed by atoms with E-state index in [0.717, 1.165) is 0 Å². The molecule has 2 aliphatic rings. The maximum atomic E-state index is 9.65. The minimum absolute atomic E-state index is 0.0355. The van der Waals surface area contributed by atoms with Crippen molar-refractivity contribution >= 4 is 0 Å². The number of rotatable bonds is 3. The Morgan fingerprint density at radius 2 is 1.88 bits per heavy atom. The highest BCUT2D eigenvalue weighted by atomic mass is 16.5. The average Bonchev–Trinajstić information content (AvgIpc) is 2.28. The van der Waals surface area contributed by atoms with Gasteiger partial charge >= 0.3 is 0 Å². The average molecular weight is 247 g/mol. The first-order valence-corrected chi connectivity index (χ1v) is 6.13. The van der Waals surface area contributed by atoms with Gasteiger partial charge in [0.05, 0.1) is 38.1 Å². The Morgan fingerprint density at radius 1 is 1.06 bits per heavy atom. The summed E-state index contributed by atoms with van der Waals surface area (Å²) in [6, 6.07) is 0.0355. The highest BCUT2D eigenvalue weighted by Gasteiger charge is 2.30. The molecule has 5 atom stereocenters. The maximum absolute atomic E-state index is 9.65. The second kappa shape index (κ2) is 6.08. The molecule has 0 radical (unpaired) electrons. The lowest BCUT2D eigenvalue weighted by Gasteiger charge is -2.36. The van der Waals surface area contributed by atoms with Gasteiger partial charge in [-0.1, -0.05) is 0 Å². The molecule has 0 aliphatic carbocycles. The second-order valence-electron chi connectivity index (χ2n) is 4.85. The van der Waals surface area contributed by atoms with Crippen molar-refractivity contribution < 1.29 is 24.8 Å². The number of nitrogens with one attached hydrogen (secondary N) is 1. The SMILES string of the molecule is OCC1C[C@@H](O)C[C@@H](N[C@H]2COC[C@@H](O)C2)O1. The van der Waals surface area contributed by atoms with E-state index in [-0.39, 0.29) is 25.0 Å². The first-order chi connectivity index (χ1) is 8.17. The quantitative estimate of drug-likeness (QED) is 0.489. The summed E-state index contributed by atoms with van der Waals surface area (Å²) >= 11 is 0. The van der Waals surface area contributed by atoms with E-state index < -0.39 is 12.2 Å². The minimum atomic E-state index is -0.451. The lowest BCUT2D eigenvalue weighted by Crippen LogP contribution is -2.52. The third-order valence-electron chi connectivity index (χ3n) is 3.19. The zero-order valence-corrected chi connectivity index (χ0v) is 9.79. The second-order valence-corrected chi connectivity index (χ2v) is 4.85. The standard InChI is InChI=1S/C11H21NO5/c13-4-10-2-8(14)3-11(17-10)12-7-1-9(15)6-16-5-7/h7-15H,1-6H2/t7-,8-,9+,10?,11+/m1/s1. The van der Waals surface area contributed by atoms with Crippen molar-refractivity contribution in [3.63, 3.8) is 0 Å². The lowest BCUT2D eigenvalue weighted by atomic mass is 10.0. The predicted molar refractivity (Wildman–Crippen MR) is 59.4 cm³/mol. The molecule has 0 bridgehead atoms. The van der Waals surface area contributed by atoms with Gasteiger partial charge in [-0.15, -0.1) is 0 Å². The van der Waals surface area contributed by atoms with Crippen LogP contribution in [-0.4, -0.2) is 65.7 Å². The number of hydrogen-bond donors (Lipinski definition) is 4. The zero-order chi connectivity index (χ0) is 12.3. The molecular weight excluding hydrogens is 226 g/mol. The van der Waals surface area contributed by atoms with Gasteiger partial charge in [-0.05, 0) is 6.42 Å². The van der Waals surface area contributed by atoms with Crippen LogP contribution in [0, 0.1) is 0 Å². The number of aliphatic hydroxyl groups is 3. The van der Waals surface area contributed by atoms with Gasteiger partial charge in [-0.3, -0.25) is 5.32 Å². The van der Waals surface area contributed by atoms with Crippen molar-refractivity contribution in [2.75, 3.05) is 19.8 Å². The van der Waals surface area contributed by atoms with Gasteiger partial charge in [0.1, 0.15) is 6.23 Å². The molecule has 6 heteroatoms. The van der Waals surface area contributed by atoms with Crippen LogP contribution in [0.15, 0.2) is 0 Å². The van der Waals surface area contributed by atoms with Crippen molar-refractivity contribution in [2.45, 2.75) is 49.8 Å². The Morgan fingerprint density at radius 3 is 2.59 bits per heavy atom. The van der Waals surface area contributed by atoms with Crippen LogP contribution in [0.25, 0.3) is 0 Å². The molecule has 2 aliphatic heterocycles. The van der Waals surface area contributed by atoms with Gasteiger partial charge in [-0.2, -0.15) is 0 Å². The Hall–Kier alpha value is -0.240. The van der Waals surface area contributed by atoms with Crippen molar-refractivity contribution in [1.29, 1.82) is 0 Å². The van der Waals surface area contributed by atoms with Gasteiger partial charge in [0, 0.05) is 18.9 Å². The summed E-state index contributed by atoms with van der Waals surface area (Å²) < 4.78 is 10.8. The van der Waals surface area contributed by atoms with Crippen molar-refractivity contribution in [1.82, 2.24) is 5.32 Å². The first-order valence-electron chi connectivity index (χ1n) is 6.13. The van der Waals surface area contributed by atoms with E-state index in [4.69, 9.17) is 14.6 Å². The van der Waals surface area contributed by atoms with E-state index in [9.17, 15) is 10.2 Å². The number of ether oxygens (including phenoxy) is 2. The van der Waals surface area contributed by atoms with Crippen LogP contribution in [-0.2, 0) is 9.47 Å². The summed E-state index contributed by atoms with van der Waals surface area (Å²) in [5.74, 6) is 0. The summed E-state index contributed by atoms with van der Waals surface area (Å²) in [7, 11) is 0. The van der Waals surface area contributed by atoms with Gasteiger partial charge < -0.3 is 24.8 Å². The van der Waals surface area contributed by atoms with Crippen molar-refractivity contribution in [3.8, 4) is 0 Å². The molecule has 0 spiro atoms. The van der Waals surface area contributed by atoms with E-state index in [1.807, 2.05) is 0 Å². The summed E-state index contributed by atoms with van der Waals surface area (Å²) in [5, 5.41) is 31.4. The molecule has 2 rings (SSSR count). The molecule has 0 aromatic rings. The normalized spacial score (nSPS) is 43.6. The molecule has 0 amide bonds. The molecule has 0 saturated carbocycles. The van der Waals surface area contributed by atoms with Crippen LogP contribution >= 0.6 is 0 Å². The Labute approximate surface area is 101 Å². The monoisotopic (exact) mass is 247 g/mol. The minimum Gasteiger partial charge on any atom is -0.394 e. The first kappa shape index (κ1) is 13.2. The molecule has 0 aromatic heterocycles. The highest BCUT2D eigenvalue weighted by Crippen LogP contribution is 2.19. The summed E-state index contributed by atoms with van der Waals surface area (Å²) in [6.07, 6.45) is 0.109. The van der Waals surface area contributed by atoms with Crippen LogP contribution in [0.3, 0.4) is 0 Å². The Balaban J connectivity index is 1.80. The number of hydrogen-bond acceptors (Lipinski definition) is 6. The summed E-state index contributed by atoms with van der Waals surface area (Å²) in [6.45, 7) is 0.835. The van der Waals surface area contributed by atoms with Gasteiger partial charge in [0.25, 0.3) is 0 Å². The van der Waals surface area contributed by atoms with Crippen molar-refractivity contribution in [3.05, 3.63) is 0 Å². The van der Waals surface area contributed by atoms with E-state index in [0.29, 0.717) is 32.5 Å². The molecule has 100 valence electrons. The van der Waals surface area contributed by atoms with Gasteiger partial charge in [0.15, 0.2) is 0 Å². The van der Waals surface area contributed by atoms with E-state index in [2.05, 4.69) is 5.32 Å². The largest absolute Gasteiger partial charge is 0.394 e. The van der Waals surface area contributed by atoms with Crippen molar-refractivity contribution in [2.24, 2.45) is 0 Å². The fraction of sp³-hybridized carbons (Fsp3) is 1.00. The van der Waals surface area contributed by atoms with E-state index >= 15 is 0 Å². The van der Waals surface area contributed by atoms with E-state index in [1.54, 1.807) is 0 Å². The molecule has 2 fully saturated rings. The van der Waals surface area contributed by atoms with Crippen LogP contribution in [0.4, 0.5) is 0 Å². The molecule has 1 unspecified atom stereocenters. The van der Waals surface area contributed by atoms with Crippen LogP contribution < -0.4 is 5.32 Å². The predicted octanol–water partition coefficient (Wildman–Crippen LogP) is -1.42. The molecule has 2 heterocycles. The Bertz CT molecular complexity index is 240. The molecular formula is C11H21NO5. The third kappa shape index (κ3) is 3.87. The summed E-state index contributed by atoms with van der Waals surface area (Å²) in [4.78, 5) is 0. The van der Waals surface area contributed by atoms with Crippen LogP contribution in [0.1, 0.15) is 19.3 Å². The van der Waals surface area contributed by atoms with Crippen LogP contribution in [0.2, 0.25) is 0 Å². The van der Waals surface area contributed by atoms with Gasteiger partial charge in [0.2, 0.25) is 0 Å². The molecule has 2 saturated heterocycles. The topological polar surface area (TPSA) is 91.2 Å². The molecule has 6 nitrogen and oxygen atoms in total. The summed E-state index contributed by atoms with van der Waals surface area (Å²) in [5.41, 5.74) is 0. The fourth-order valence-electron chi connectivity index (χ4n) is 2.41. The lowest BCUT2D eigenvalue weighted by molar-refractivity contribution is -0.134. The number of aliphatic hydroxyl groups excluding tert-OH is 3. The molecule has 4 N–H and O–H groups in total. The van der Waals surface area contributed by atoms with Crippen LogP contribution in [0.5, 0.6) is 0 Å². The smallest absolute Gasteiger partial charge is 0.111 e. The fourth-order valence-corrected chi connectivity index (χ4v) is 2.41. The van der Waals surface area contributed by atoms with E-state index in [1.165, 1.54) is 0 Å². The molecule has 17 heavy (non-hydrogen) atoms. The maximum Gasteiger partial charge on any atom is 0.111 e.